The lowest BCUT2D eigenvalue weighted by Gasteiger charge is -2.01. The molecule has 0 fully saturated rings. The molecular weight excluding hydrogens is 316 g/mol. The Labute approximate surface area is 137 Å². The highest BCUT2D eigenvalue weighted by atomic mass is 32.1. The quantitative estimate of drug-likeness (QED) is 0.780. The van der Waals surface area contributed by atoms with E-state index in [1.165, 1.54) is 16.2 Å². The molecule has 3 aromatic rings. The minimum Gasteiger partial charge on any atom is -0.351 e. The lowest BCUT2D eigenvalue weighted by Crippen LogP contribution is -2.24. The number of hydrogen-bond acceptors (Lipinski definition) is 5. The number of hydrogen-bond donors (Lipinski definition) is 1. The predicted molar refractivity (Wildman–Crippen MR) is 90.9 cm³/mol. The van der Waals surface area contributed by atoms with Gasteiger partial charge in [0, 0.05) is 36.5 Å². The Balaban J connectivity index is 1.62. The monoisotopic (exact) mass is 334 g/mol. The number of nitrogens with one attached hydrogen (secondary N) is 1. The molecular formula is C15H18N4OS2. The molecule has 0 aromatic carbocycles. The number of carbonyl (C=O) groups is 1. The van der Waals surface area contributed by atoms with Gasteiger partial charge in [-0.1, -0.05) is 6.92 Å². The third kappa shape index (κ3) is 2.91. The topological polar surface area (TPSA) is 59.8 Å². The van der Waals surface area contributed by atoms with Crippen LogP contribution in [0.15, 0.2) is 12.3 Å². The molecule has 0 aliphatic rings. The second-order valence-electron chi connectivity index (χ2n) is 5.12. The second-order valence-corrected chi connectivity index (χ2v) is 7.35. The van der Waals surface area contributed by atoms with E-state index in [2.05, 4.69) is 22.3 Å². The maximum absolute atomic E-state index is 12.2. The average Bonchev–Trinajstić information content (AvgIpc) is 3.18. The number of rotatable bonds is 5. The van der Waals surface area contributed by atoms with Gasteiger partial charge in [0.15, 0.2) is 0 Å². The Hall–Kier alpha value is -1.73. The summed E-state index contributed by atoms with van der Waals surface area (Å²) in [4.78, 5) is 19.7. The molecule has 7 heteroatoms. The summed E-state index contributed by atoms with van der Waals surface area (Å²) in [7, 11) is 1.90. The van der Waals surface area contributed by atoms with Gasteiger partial charge in [-0.05, 0) is 19.4 Å². The number of amides is 1. The molecule has 0 aliphatic heterocycles. The smallest absolute Gasteiger partial charge is 0.261 e. The second kappa shape index (κ2) is 6.18. The van der Waals surface area contributed by atoms with Crippen LogP contribution in [0.1, 0.15) is 32.2 Å². The standard InChI is InChI=1S/C15H18N4OS2/c1-4-10-8-17-13(21-10)5-6-16-14(20)12-7-11-9(2)18-19(3)15(11)22-12/h7-8H,4-6H2,1-3H3,(H,16,20). The minimum atomic E-state index is -0.0205. The van der Waals surface area contributed by atoms with E-state index in [9.17, 15) is 4.79 Å². The molecule has 0 saturated carbocycles. The first-order valence-electron chi connectivity index (χ1n) is 7.23. The highest BCUT2D eigenvalue weighted by Gasteiger charge is 2.14. The van der Waals surface area contributed by atoms with Gasteiger partial charge in [-0.2, -0.15) is 5.10 Å². The highest BCUT2D eigenvalue weighted by Crippen LogP contribution is 2.27. The average molecular weight is 334 g/mol. The first-order valence-corrected chi connectivity index (χ1v) is 8.86. The Morgan fingerprint density at radius 3 is 2.91 bits per heavy atom. The molecule has 1 N–H and O–H groups in total. The van der Waals surface area contributed by atoms with Crippen LogP contribution in [0.3, 0.4) is 0 Å². The minimum absolute atomic E-state index is 0.0205. The molecule has 1 amide bonds. The van der Waals surface area contributed by atoms with Gasteiger partial charge in [-0.25, -0.2) is 4.98 Å². The van der Waals surface area contributed by atoms with Crippen molar-refractivity contribution in [2.75, 3.05) is 6.54 Å². The van der Waals surface area contributed by atoms with Crippen LogP contribution in [0.4, 0.5) is 0 Å². The molecule has 0 spiro atoms. The Kier molecular flexibility index (Phi) is 4.26. The van der Waals surface area contributed by atoms with Crippen molar-refractivity contribution in [2.45, 2.75) is 26.7 Å². The third-order valence-corrected chi connectivity index (χ3v) is 5.90. The first kappa shape index (κ1) is 15.2. The third-order valence-electron chi connectivity index (χ3n) is 3.49. The number of nitrogens with zero attached hydrogens (tertiary/aromatic N) is 3. The molecule has 0 saturated heterocycles. The molecule has 116 valence electrons. The molecule has 0 atom stereocenters. The van der Waals surface area contributed by atoms with E-state index in [0.717, 1.165) is 38.6 Å². The normalized spacial score (nSPS) is 11.2. The van der Waals surface area contributed by atoms with Crippen molar-refractivity contribution in [3.63, 3.8) is 0 Å². The van der Waals surface area contributed by atoms with Gasteiger partial charge >= 0.3 is 0 Å². The molecule has 0 bridgehead atoms. The predicted octanol–water partition coefficient (Wildman–Crippen LogP) is 2.93. The van der Waals surface area contributed by atoms with Gasteiger partial charge in [0.2, 0.25) is 0 Å². The fourth-order valence-electron chi connectivity index (χ4n) is 2.31. The van der Waals surface area contributed by atoms with E-state index in [1.54, 1.807) is 11.3 Å². The van der Waals surface area contributed by atoms with E-state index in [-0.39, 0.29) is 5.91 Å². The van der Waals surface area contributed by atoms with Crippen molar-refractivity contribution < 1.29 is 4.79 Å². The summed E-state index contributed by atoms with van der Waals surface area (Å²) in [5.41, 5.74) is 0.961. The number of carbonyl (C=O) groups excluding carboxylic acids is 1. The van der Waals surface area contributed by atoms with E-state index in [0.29, 0.717) is 6.54 Å². The van der Waals surface area contributed by atoms with E-state index < -0.39 is 0 Å². The molecule has 3 aromatic heterocycles. The summed E-state index contributed by atoms with van der Waals surface area (Å²) >= 11 is 3.20. The van der Waals surface area contributed by atoms with E-state index in [4.69, 9.17) is 0 Å². The fraction of sp³-hybridized carbons (Fsp3) is 0.400. The maximum Gasteiger partial charge on any atom is 0.261 e. The summed E-state index contributed by atoms with van der Waals surface area (Å²) in [5, 5.41) is 9.46. The van der Waals surface area contributed by atoms with Crippen molar-refractivity contribution in [3.05, 3.63) is 32.7 Å². The molecule has 3 heterocycles. The van der Waals surface area contributed by atoms with E-state index >= 15 is 0 Å². The van der Waals surface area contributed by atoms with Gasteiger partial charge < -0.3 is 5.32 Å². The Bertz CT molecular complexity index is 780. The van der Waals surface area contributed by atoms with Crippen molar-refractivity contribution >= 4 is 38.8 Å². The van der Waals surface area contributed by atoms with Gasteiger partial charge in [-0.15, -0.1) is 22.7 Å². The van der Waals surface area contributed by atoms with Crippen LogP contribution in [0.5, 0.6) is 0 Å². The van der Waals surface area contributed by atoms with Crippen molar-refractivity contribution in [2.24, 2.45) is 7.05 Å². The lowest BCUT2D eigenvalue weighted by atomic mass is 10.3. The van der Waals surface area contributed by atoms with Crippen LogP contribution < -0.4 is 5.32 Å². The summed E-state index contributed by atoms with van der Waals surface area (Å²) in [6.45, 7) is 4.70. The Morgan fingerprint density at radius 2 is 2.23 bits per heavy atom. The zero-order valence-corrected chi connectivity index (χ0v) is 14.5. The van der Waals surface area contributed by atoms with Crippen molar-refractivity contribution in [3.8, 4) is 0 Å². The van der Waals surface area contributed by atoms with Gasteiger partial charge in [0.05, 0.1) is 15.6 Å². The lowest BCUT2D eigenvalue weighted by molar-refractivity contribution is 0.0958. The van der Waals surface area contributed by atoms with Crippen LogP contribution in [0.25, 0.3) is 10.2 Å². The number of fused-ring (bicyclic) bond motifs is 1. The largest absolute Gasteiger partial charge is 0.351 e. The van der Waals surface area contributed by atoms with Crippen molar-refractivity contribution in [1.29, 1.82) is 0 Å². The molecule has 3 rings (SSSR count). The van der Waals surface area contributed by atoms with E-state index in [1.807, 2.05) is 30.9 Å². The van der Waals surface area contributed by atoms with Gasteiger partial charge in [-0.3, -0.25) is 9.48 Å². The Morgan fingerprint density at radius 1 is 1.41 bits per heavy atom. The van der Waals surface area contributed by atoms with Crippen molar-refractivity contribution in [1.82, 2.24) is 20.1 Å². The summed E-state index contributed by atoms with van der Waals surface area (Å²) < 4.78 is 1.83. The molecule has 5 nitrogen and oxygen atoms in total. The molecule has 22 heavy (non-hydrogen) atoms. The molecule has 0 radical (unpaired) electrons. The van der Waals surface area contributed by atoms with Gasteiger partial charge in [0.1, 0.15) is 4.83 Å². The highest BCUT2D eigenvalue weighted by molar-refractivity contribution is 7.20. The number of aryl methyl sites for hydroxylation is 3. The van der Waals surface area contributed by atoms with Crippen LogP contribution >= 0.6 is 22.7 Å². The van der Waals surface area contributed by atoms with Crippen LogP contribution in [0.2, 0.25) is 0 Å². The zero-order valence-electron chi connectivity index (χ0n) is 12.8. The number of aromatic nitrogens is 3. The van der Waals surface area contributed by atoms with Crippen LogP contribution in [0, 0.1) is 6.92 Å². The number of thiazole rings is 1. The van der Waals surface area contributed by atoms with Crippen LogP contribution in [-0.2, 0) is 19.9 Å². The summed E-state index contributed by atoms with van der Waals surface area (Å²) in [6, 6.07) is 1.93. The summed E-state index contributed by atoms with van der Waals surface area (Å²) in [6.07, 6.45) is 3.71. The number of thiophene rings is 1. The van der Waals surface area contributed by atoms with Crippen LogP contribution in [-0.4, -0.2) is 27.2 Å². The first-order chi connectivity index (χ1) is 10.6. The maximum atomic E-state index is 12.2. The SMILES string of the molecule is CCc1cnc(CCNC(=O)c2cc3c(C)nn(C)c3s2)s1. The molecule has 0 aliphatic carbocycles. The summed E-state index contributed by atoms with van der Waals surface area (Å²) in [5.74, 6) is -0.0205. The fourth-order valence-corrected chi connectivity index (χ4v) is 4.22. The van der Waals surface area contributed by atoms with Gasteiger partial charge in [0.25, 0.3) is 5.91 Å². The zero-order chi connectivity index (χ0) is 15.7. The molecule has 0 unspecified atom stereocenters.